The summed E-state index contributed by atoms with van der Waals surface area (Å²) in [6.07, 6.45) is 3.05. The van der Waals surface area contributed by atoms with Crippen molar-refractivity contribution in [3.05, 3.63) is 52.5 Å². The molecule has 0 radical (unpaired) electrons. The van der Waals surface area contributed by atoms with Gasteiger partial charge in [-0.2, -0.15) is 0 Å². The van der Waals surface area contributed by atoms with Crippen LogP contribution in [0.2, 0.25) is 0 Å². The Balaban J connectivity index is 1.87. The van der Waals surface area contributed by atoms with Gasteiger partial charge in [-0.05, 0) is 27.7 Å². The van der Waals surface area contributed by atoms with Gasteiger partial charge in [-0.1, -0.05) is 0 Å². The Morgan fingerprint density at radius 1 is 1.03 bits per heavy atom. The molecule has 0 atom stereocenters. The lowest BCUT2D eigenvalue weighted by molar-refractivity contribution is -0.519. The number of hydrogen-bond acceptors (Lipinski definition) is 8. The Morgan fingerprint density at radius 3 is 2.32 bits per heavy atom. The molecule has 178 valence electrons. The third-order valence-electron chi connectivity index (χ3n) is 6.17. The number of furan rings is 1. The van der Waals surface area contributed by atoms with E-state index in [1.165, 1.54) is 12.1 Å². The van der Waals surface area contributed by atoms with Crippen LogP contribution in [0.15, 0.2) is 51.4 Å². The average molecular weight is 467 g/mol. The zero-order valence-corrected chi connectivity index (χ0v) is 19.5. The van der Waals surface area contributed by atoms with Crippen LogP contribution >= 0.6 is 0 Å². The predicted octanol–water partition coefficient (Wildman–Crippen LogP) is 3.56. The van der Waals surface area contributed by atoms with E-state index in [1.54, 1.807) is 12.1 Å². The number of Topliss-reactive ketones (excluding diaryl/α,β-unsaturated/α-hetero) is 1. The number of nitrogens with zero attached hydrogens (tertiary/aromatic N) is 2. The molecule has 0 fully saturated rings. The number of fused-ring (bicyclic) bond motifs is 2. The summed E-state index contributed by atoms with van der Waals surface area (Å²) >= 11 is 0. The summed E-state index contributed by atoms with van der Waals surface area (Å²) in [5.41, 5.74) is 0.521. The molecule has 3 N–H and O–H groups in total. The SMILES string of the molecule is CCN(CC)c1cc(O)c2c(C(=O)C3=C4C(O)=CC(=[N+](CC)CC)C=C4OC3=O)c(O)oc2c1. The zero-order chi connectivity index (χ0) is 24.7. The number of ketones is 1. The molecule has 0 unspecified atom stereocenters. The summed E-state index contributed by atoms with van der Waals surface area (Å²) in [5.74, 6) is -3.14. The lowest BCUT2D eigenvalue weighted by Crippen LogP contribution is -2.21. The molecule has 0 bridgehead atoms. The first-order chi connectivity index (χ1) is 16.2. The number of aromatic hydroxyl groups is 2. The molecular formula is C25H27N2O7+. The fraction of sp³-hybridized carbons (Fsp3) is 0.320. The highest BCUT2D eigenvalue weighted by Crippen LogP contribution is 2.43. The number of hydrogen-bond donors (Lipinski definition) is 3. The number of allylic oxidation sites excluding steroid dienone is 2. The summed E-state index contributed by atoms with van der Waals surface area (Å²) in [5, 5.41) is 31.9. The van der Waals surface area contributed by atoms with Crippen LogP contribution in [0.25, 0.3) is 11.0 Å². The number of phenolic OH excluding ortho intramolecular Hbond substituents is 1. The Labute approximate surface area is 196 Å². The van der Waals surface area contributed by atoms with Crippen LogP contribution in [0, 0.1) is 0 Å². The monoisotopic (exact) mass is 467 g/mol. The predicted molar refractivity (Wildman–Crippen MR) is 126 cm³/mol. The highest BCUT2D eigenvalue weighted by atomic mass is 16.5. The molecule has 2 aromatic rings. The Kier molecular flexibility index (Phi) is 5.95. The third kappa shape index (κ3) is 3.53. The molecule has 1 aromatic heterocycles. The molecule has 1 aliphatic heterocycles. The maximum atomic E-state index is 13.5. The first kappa shape index (κ1) is 23.2. The van der Waals surface area contributed by atoms with Gasteiger partial charge in [0.05, 0.1) is 23.1 Å². The molecule has 2 aliphatic rings. The van der Waals surface area contributed by atoms with E-state index in [-0.39, 0.29) is 39.4 Å². The minimum atomic E-state index is -0.958. The topological polar surface area (TPSA) is 123 Å². The molecule has 0 saturated carbocycles. The van der Waals surface area contributed by atoms with Gasteiger partial charge in [-0.3, -0.25) is 4.79 Å². The van der Waals surface area contributed by atoms with Crippen molar-refractivity contribution in [3.8, 4) is 11.7 Å². The van der Waals surface area contributed by atoms with Crippen molar-refractivity contribution in [2.24, 2.45) is 0 Å². The van der Waals surface area contributed by atoms with Gasteiger partial charge in [-0.25, -0.2) is 9.37 Å². The van der Waals surface area contributed by atoms with Gasteiger partial charge in [0, 0.05) is 30.9 Å². The number of phenols is 1. The van der Waals surface area contributed by atoms with Gasteiger partial charge in [0.1, 0.15) is 47.1 Å². The van der Waals surface area contributed by atoms with E-state index in [4.69, 9.17) is 9.15 Å². The molecule has 2 heterocycles. The van der Waals surface area contributed by atoms with Crippen LogP contribution in [-0.4, -0.2) is 63.5 Å². The molecule has 1 aliphatic carbocycles. The molecule has 9 nitrogen and oxygen atoms in total. The second-order valence-electron chi connectivity index (χ2n) is 7.90. The van der Waals surface area contributed by atoms with Crippen molar-refractivity contribution in [3.63, 3.8) is 0 Å². The largest absolute Gasteiger partial charge is 0.507 e. The highest BCUT2D eigenvalue weighted by molar-refractivity contribution is 6.31. The van der Waals surface area contributed by atoms with Crippen LogP contribution in [-0.2, 0) is 9.53 Å². The molecule has 0 saturated heterocycles. The van der Waals surface area contributed by atoms with Gasteiger partial charge in [0.25, 0.3) is 5.95 Å². The van der Waals surface area contributed by atoms with Crippen LogP contribution in [0.3, 0.4) is 0 Å². The van der Waals surface area contributed by atoms with Gasteiger partial charge >= 0.3 is 5.97 Å². The van der Waals surface area contributed by atoms with Gasteiger partial charge in [0.2, 0.25) is 11.5 Å². The first-order valence-corrected chi connectivity index (χ1v) is 11.2. The van der Waals surface area contributed by atoms with Crippen molar-refractivity contribution < 1.29 is 38.6 Å². The number of anilines is 1. The van der Waals surface area contributed by atoms with E-state index >= 15 is 0 Å². The quantitative estimate of drug-likeness (QED) is 0.244. The summed E-state index contributed by atoms with van der Waals surface area (Å²) in [6, 6.07) is 3.08. The average Bonchev–Trinajstić information content (AvgIpc) is 3.31. The Morgan fingerprint density at radius 2 is 1.71 bits per heavy atom. The van der Waals surface area contributed by atoms with Crippen LogP contribution in [0.1, 0.15) is 38.1 Å². The molecular weight excluding hydrogens is 440 g/mol. The maximum Gasteiger partial charge on any atom is 0.348 e. The number of benzene rings is 1. The van der Waals surface area contributed by atoms with Crippen molar-refractivity contribution in [2.45, 2.75) is 27.7 Å². The Hall–Kier alpha value is -4.01. The fourth-order valence-electron chi connectivity index (χ4n) is 4.44. The van der Waals surface area contributed by atoms with Gasteiger partial charge in [0.15, 0.2) is 0 Å². The molecule has 4 rings (SSSR count). The van der Waals surface area contributed by atoms with E-state index < -0.39 is 23.3 Å². The normalized spacial score (nSPS) is 15.3. The molecule has 0 amide bonds. The lowest BCUT2D eigenvalue weighted by atomic mass is 9.94. The van der Waals surface area contributed by atoms with Crippen LogP contribution < -0.4 is 4.90 Å². The second kappa shape index (κ2) is 8.74. The second-order valence-corrected chi connectivity index (χ2v) is 7.90. The molecule has 9 heteroatoms. The van der Waals surface area contributed by atoms with Crippen LogP contribution in [0.5, 0.6) is 11.7 Å². The molecule has 1 aromatic carbocycles. The third-order valence-corrected chi connectivity index (χ3v) is 6.17. The van der Waals surface area contributed by atoms with Crippen molar-refractivity contribution in [2.75, 3.05) is 31.1 Å². The van der Waals surface area contributed by atoms with E-state index in [0.717, 1.165) is 0 Å². The number of ether oxygens (including phenoxy) is 1. The van der Waals surface area contributed by atoms with Crippen molar-refractivity contribution in [1.82, 2.24) is 0 Å². The van der Waals surface area contributed by atoms with E-state index in [1.807, 2.05) is 37.2 Å². The summed E-state index contributed by atoms with van der Waals surface area (Å²) < 4.78 is 12.6. The maximum absolute atomic E-state index is 13.5. The fourth-order valence-corrected chi connectivity index (χ4v) is 4.44. The zero-order valence-electron chi connectivity index (χ0n) is 19.5. The van der Waals surface area contributed by atoms with E-state index in [2.05, 4.69) is 0 Å². The summed E-state index contributed by atoms with van der Waals surface area (Å²) in [6.45, 7) is 10.5. The number of aliphatic hydroxyl groups excluding tert-OH is 1. The smallest absolute Gasteiger partial charge is 0.348 e. The standard InChI is InChI=1S/C25H26N2O7/c1-5-26(6-2)13-9-15(28)19-17(11-13)33-24(31)21(19)23(30)22-20-16(29)10-14(27(7-3)8-4)12-18(20)34-25(22)32/h9-12H,5-8H2,1-4H3,(H2,28,29,30,31,32)/p+1. The van der Waals surface area contributed by atoms with Gasteiger partial charge < -0.3 is 29.4 Å². The van der Waals surface area contributed by atoms with Crippen molar-refractivity contribution >= 4 is 34.1 Å². The number of carbonyl (C=O) groups is 2. The van der Waals surface area contributed by atoms with Crippen LogP contribution in [0.4, 0.5) is 5.69 Å². The summed E-state index contributed by atoms with van der Waals surface area (Å²) in [4.78, 5) is 28.2. The Bertz CT molecular complexity index is 1330. The number of carbonyl (C=O) groups excluding carboxylic acids is 2. The van der Waals surface area contributed by atoms with E-state index in [0.29, 0.717) is 37.6 Å². The number of aliphatic hydroxyl groups is 1. The number of esters is 1. The minimum Gasteiger partial charge on any atom is -0.507 e. The molecule has 34 heavy (non-hydrogen) atoms. The van der Waals surface area contributed by atoms with E-state index in [9.17, 15) is 24.9 Å². The van der Waals surface area contributed by atoms with Gasteiger partial charge in [-0.15, -0.1) is 0 Å². The minimum absolute atomic E-state index is 0.0218. The lowest BCUT2D eigenvalue weighted by Gasteiger charge is -2.21. The molecule has 0 spiro atoms. The highest BCUT2D eigenvalue weighted by Gasteiger charge is 2.42. The number of rotatable bonds is 7. The van der Waals surface area contributed by atoms with Crippen molar-refractivity contribution in [1.29, 1.82) is 0 Å². The summed E-state index contributed by atoms with van der Waals surface area (Å²) in [7, 11) is 0. The first-order valence-electron chi connectivity index (χ1n) is 11.2.